The number of hydrogen-bond acceptors (Lipinski definition) is 11. The zero-order valence-electron chi connectivity index (χ0n) is 29.6. The first kappa shape index (κ1) is 39.8. The van der Waals surface area contributed by atoms with E-state index in [9.17, 15) is 9.90 Å². The fraction of sp³-hybridized carbons (Fsp3) is 0.486. The number of hydrogen-bond donors (Lipinski definition) is 4. The Labute approximate surface area is 287 Å². The number of para-hydroxylation sites is 1. The van der Waals surface area contributed by atoms with Crippen LogP contribution in [0.3, 0.4) is 0 Å². The second-order valence-corrected chi connectivity index (χ2v) is 12.1. The molecule has 0 amide bonds. The molecule has 1 heterocycles. The first-order chi connectivity index (χ1) is 23.2. The van der Waals surface area contributed by atoms with Crippen LogP contribution in [0.4, 0.5) is 0 Å². The summed E-state index contributed by atoms with van der Waals surface area (Å²) in [5.74, 6) is 0.499. The van der Waals surface area contributed by atoms with E-state index in [2.05, 4.69) is 31.2 Å². The van der Waals surface area contributed by atoms with Crippen molar-refractivity contribution >= 4 is 24.9 Å². The molecule has 1 saturated heterocycles. The number of benzene rings is 1. The minimum absolute atomic E-state index is 0.0820. The zero-order valence-corrected chi connectivity index (χ0v) is 29.6. The van der Waals surface area contributed by atoms with Gasteiger partial charge >= 0.3 is 0 Å². The van der Waals surface area contributed by atoms with Crippen molar-refractivity contribution < 1.29 is 14.6 Å². The van der Waals surface area contributed by atoms with Crippen molar-refractivity contribution in [1.82, 2.24) is 14.7 Å². The number of nitrogens with two attached hydrogens (primary N) is 3. The molecule has 0 bridgehead atoms. The van der Waals surface area contributed by atoms with Crippen LogP contribution >= 0.6 is 0 Å². The average molecular weight is 663 g/mol. The van der Waals surface area contributed by atoms with Crippen molar-refractivity contribution in [3.05, 3.63) is 83.7 Å². The van der Waals surface area contributed by atoms with Crippen LogP contribution in [0.5, 0.6) is 5.75 Å². The van der Waals surface area contributed by atoms with Crippen LogP contribution in [0.15, 0.2) is 88.2 Å². The minimum atomic E-state index is 0.0820. The third kappa shape index (κ3) is 11.4. The van der Waals surface area contributed by atoms with Crippen LogP contribution in [0.2, 0.25) is 0 Å². The second-order valence-electron chi connectivity index (χ2n) is 12.1. The molecule has 11 heteroatoms. The zero-order chi connectivity index (χ0) is 35.5. The molecule has 1 aromatic carbocycles. The van der Waals surface area contributed by atoms with E-state index in [4.69, 9.17) is 17.2 Å². The number of phenols is 1. The van der Waals surface area contributed by atoms with Gasteiger partial charge in [0.2, 0.25) is 0 Å². The summed E-state index contributed by atoms with van der Waals surface area (Å²) in [6, 6.07) is 7.50. The Hall–Kier alpha value is -4.35. The van der Waals surface area contributed by atoms with Gasteiger partial charge in [-0.15, -0.1) is 0 Å². The fourth-order valence-corrected chi connectivity index (χ4v) is 6.47. The molecule has 4 rings (SSSR count). The highest BCUT2D eigenvalue weighted by atomic mass is 16.4. The highest BCUT2D eigenvalue weighted by Crippen LogP contribution is 2.59. The van der Waals surface area contributed by atoms with Gasteiger partial charge in [0.05, 0.1) is 23.8 Å². The first-order valence-corrected chi connectivity index (χ1v) is 16.8. The second kappa shape index (κ2) is 20.8. The molecule has 264 valence electrons. The van der Waals surface area contributed by atoms with E-state index in [0.29, 0.717) is 47.4 Å². The summed E-state index contributed by atoms with van der Waals surface area (Å²) in [7, 11) is 3.25. The number of piperazine rings is 1. The molecule has 1 spiro atoms. The Morgan fingerprint density at radius 3 is 2.25 bits per heavy atom. The predicted octanol–water partition coefficient (Wildman–Crippen LogP) is 4.45. The van der Waals surface area contributed by atoms with E-state index in [-0.39, 0.29) is 11.6 Å². The number of ether oxygens (including phenoxy) is 1. The molecule has 11 nitrogen and oxygen atoms in total. The summed E-state index contributed by atoms with van der Waals surface area (Å²) in [6.45, 7) is 14.4. The van der Waals surface area contributed by atoms with Gasteiger partial charge in [-0.3, -0.25) is 14.9 Å². The van der Waals surface area contributed by atoms with Crippen molar-refractivity contribution in [2.45, 2.75) is 52.5 Å². The van der Waals surface area contributed by atoms with Crippen LogP contribution in [-0.4, -0.2) is 98.6 Å². The number of carbonyl (C=O) groups is 1. The van der Waals surface area contributed by atoms with Gasteiger partial charge in [-0.25, -0.2) is 0 Å². The van der Waals surface area contributed by atoms with Crippen molar-refractivity contribution in [1.29, 1.82) is 0 Å². The number of aliphatic imine (C=N–C) groups is 2. The third-order valence-electron chi connectivity index (χ3n) is 8.77. The molecule has 7 N–H and O–H groups in total. The predicted molar refractivity (Wildman–Crippen MR) is 199 cm³/mol. The number of phenolic OH excluding ortho intramolecular Hbond substituents is 1. The number of nitrogens with zero attached hydrogens (tertiary/aromatic N) is 5. The third-order valence-corrected chi connectivity index (χ3v) is 8.77. The van der Waals surface area contributed by atoms with Crippen LogP contribution in [0.25, 0.3) is 5.70 Å². The number of rotatable bonds is 13. The molecular formula is C37H58N8O3. The molecule has 3 aliphatic rings. The standard InChI is InChI=1S/C33H46N8O2.C2H6O.C2H6/c1-3-4-11-41(30(32(35)36)17-29(34)28-8-5-6-9-31(28)43)12-7-10-38-23-27(22-37-2)40-15-13-39(14-16-40)26-20-33(21-26)18-25(19-33)24-42;1-3-2;1-2/h3-10,17,22-26,43H,2,11-16,18-21,34-36H2,1H3;1-2H3;1-2H3/b4-3-,10-7?,27-22+,29-17-,38-23?;;. The van der Waals surface area contributed by atoms with Gasteiger partial charge < -0.3 is 41.6 Å². The Balaban J connectivity index is 0.00000151. The molecule has 3 fully saturated rings. The van der Waals surface area contributed by atoms with E-state index < -0.39 is 0 Å². The topological polar surface area (TPSA) is 159 Å². The molecule has 0 atom stereocenters. The Morgan fingerprint density at radius 1 is 1.06 bits per heavy atom. The SMILES string of the molecule is C=N/C=C(\C=NC=CCN(C/C=C\C)C(/C=C(\N)c1ccccc1O)=C(N)N)N1CCN(C2CC3(CC(C=O)C3)C2)CC1.CC.COC. The number of aromatic hydroxyl groups is 1. The smallest absolute Gasteiger partial charge is 0.124 e. The van der Waals surface area contributed by atoms with Gasteiger partial charge in [0.15, 0.2) is 0 Å². The van der Waals surface area contributed by atoms with Crippen molar-refractivity contribution in [2.24, 2.45) is 38.5 Å². The highest BCUT2D eigenvalue weighted by molar-refractivity contribution is 5.78. The normalized spacial score (nSPS) is 22.7. The lowest BCUT2D eigenvalue weighted by molar-refractivity contribution is -0.130. The Morgan fingerprint density at radius 2 is 1.69 bits per heavy atom. The number of carbonyl (C=O) groups excluding carboxylic acids is 1. The molecule has 2 saturated carbocycles. The summed E-state index contributed by atoms with van der Waals surface area (Å²) in [4.78, 5) is 26.4. The van der Waals surface area contributed by atoms with E-state index in [1.54, 1.807) is 57.0 Å². The summed E-state index contributed by atoms with van der Waals surface area (Å²) in [6.07, 6.45) is 18.6. The van der Waals surface area contributed by atoms with Gasteiger partial charge in [0.25, 0.3) is 0 Å². The van der Waals surface area contributed by atoms with Gasteiger partial charge in [-0.2, -0.15) is 0 Å². The maximum atomic E-state index is 11.0. The number of allylic oxidation sites excluding steroid dienone is 3. The number of aldehydes is 1. The van der Waals surface area contributed by atoms with Gasteiger partial charge in [-0.1, -0.05) is 38.1 Å². The maximum absolute atomic E-state index is 11.0. The van der Waals surface area contributed by atoms with Crippen LogP contribution in [-0.2, 0) is 9.53 Å². The van der Waals surface area contributed by atoms with E-state index in [1.165, 1.54) is 12.8 Å². The van der Waals surface area contributed by atoms with Gasteiger partial charge in [0.1, 0.15) is 17.9 Å². The molecule has 0 aromatic heterocycles. The van der Waals surface area contributed by atoms with Crippen molar-refractivity contribution in [3.8, 4) is 5.75 Å². The minimum Gasteiger partial charge on any atom is -0.507 e. The molecule has 1 aliphatic heterocycles. The summed E-state index contributed by atoms with van der Waals surface area (Å²) >= 11 is 0. The van der Waals surface area contributed by atoms with E-state index in [1.807, 2.05) is 50.1 Å². The average Bonchev–Trinajstić information content (AvgIpc) is 3.05. The summed E-state index contributed by atoms with van der Waals surface area (Å²) < 4.78 is 4.25. The lowest BCUT2D eigenvalue weighted by atomic mass is 9.50. The fourth-order valence-electron chi connectivity index (χ4n) is 6.47. The molecule has 1 aromatic rings. The monoisotopic (exact) mass is 662 g/mol. The van der Waals surface area contributed by atoms with Crippen molar-refractivity contribution in [3.63, 3.8) is 0 Å². The van der Waals surface area contributed by atoms with E-state index >= 15 is 0 Å². The molecule has 48 heavy (non-hydrogen) atoms. The number of methoxy groups -OCH3 is 1. The van der Waals surface area contributed by atoms with Crippen LogP contribution in [0.1, 0.15) is 52.0 Å². The van der Waals surface area contributed by atoms with Gasteiger partial charge in [-0.05, 0) is 69.0 Å². The summed E-state index contributed by atoms with van der Waals surface area (Å²) in [5, 5.41) is 10.2. The van der Waals surface area contributed by atoms with Crippen LogP contribution < -0.4 is 17.2 Å². The Kier molecular flexibility index (Phi) is 17.3. The first-order valence-electron chi connectivity index (χ1n) is 16.8. The lowest BCUT2D eigenvalue weighted by Gasteiger charge is -2.60. The van der Waals surface area contributed by atoms with E-state index in [0.717, 1.165) is 51.0 Å². The van der Waals surface area contributed by atoms with Crippen molar-refractivity contribution in [2.75, 3.05) is 53.5 Å². The highest BCUT2D eigenvalue weighted by Gasteiger charge is 2.54. The van der Waals surface area contributed by atoms with Gasteiger partial charge in [0, 0.05) is 82.9 Å². The lowest BCUT2D eigenvalue weighted by Crippen LogP contribution is -2.60. The quantitative estimate of drug-likeness (QED) is 0.104. The summed E-state index contributed by atoms with van der Waals surface area (Å²) in [5.41, 5.74) is 21.2. The molecule has 0 unspecified atom stereocenters. The Bertz CT molecular complexity index is 1320. The molecule has 2 aliphatic carbocycles. The van der Waals surface area contributed by atoms with Crippen LogP contribution in [0, 0.1) is 11.3 Å². The largest absolute Gasteiger partial charge is 0.507 e. The maximum Gasteiger partial charge on any atom is 0.124 e. The molecular weight excluding hydrogens is 604 g/mol. The molecule has 0 radical (unpaired) electrons.